The highest BCUT2D eigenvalue weighted by atomic mass is 35.5. The molecular weight excluding hydrogens is 468 g/mol. The van der Waals surface area contributed by atoms with Crippen LogP contribution in [0.15, 0.2) is 108 Å². The smallest absolute Gasteiger partial charge is 0.186 e. The number of fused-ring (bicyclic) bond motifs is 1. The average molecular weight is 489 g/mol. The van der Waals surface area contributed by atoms with Gasteiger partial charge in [-0.2, -0.15) is 0 Å². The van der Waals surface area contributed by atoms with Crippen molar-refractivity contribution in [2.24, 2.45) is 5.92 Å². The lowest BCUT2D eigenvalue weighted by molar-refractivity contribution is 0.0908. The molecule has 0 heterocycles. The van der Waals surface area contributed by atoms with Crippen LogP contribution in [-0.2, 0) is 9.84 Å². The van der Waals surface area contributed by atoms with Gasteiger partial charge < -0.3 is 5.11 Å². The fourth-order valence-electron chi connectivity index (χ4n) is 4.95. The van der Waals surface area contributed by atoms with E-state index in [1.807, 2.05) is 42.5 Å². The van der Waals surface area contributed by atoms with Crippen LogP contribution in [0.2, 0.25) is 5.02 Å². The van der Waals surface area contributed by atoms with Gasteiger partial charge in [0.25, 0.3) is 0 Å². The second-order valence-corrected chi connectivity index (χ2v) is 10.9. The van der Waals surface area contributed by atoms with Crippen LogP contribution in [0.4, 0.5) is 0 Å². The Balaban J connectivity index is 1.78. The van der Waals surface area contributed by atoms with Crippen LogP contribution < -0.4 is 0 Å². The van der Waals surface area contributed by atoms with Crippen molar-refractivity contribution in [2.45, 2.75) is 16.1 Å². The molecule has 1 aliphatic carbocycles. The molecule has 0 aliphatic heterocycles. The van der Waals surface area contributed by atoms with E-state index >= 15 is 0 Å². The second-order valence-electron chi connectivity index (χ2n) is 8.35. The van der Waals surface area contributed by atoms with E-state index in [1.54, 1.807) is 42.5 Å². The normalized spacial score (nSPS) is 19.5. The zero-order valence-electron chi connectivity index (χ0n) is 18.0. The second kappa shape index (κ2) is 8.75. The maximum atomic E-state index is 14.1. The molecule has 0 fully saturated rings. The Hall–Kier alpha value is -3.41. The molecule has 4 nitrogen and oxygen atoms in total. The minimum Gasteiger partial charge on any atom is -0.507 e. The van der Waals surface area contributed by atoms with E-state index in [2.05, 4.69) is 0 Å². The lowest BCUT2D eigenvalue weighted by Crippen LogP contribution is -2.28. The van der Waals surface area contributed by atoms with Gasteiger partial charge in [0.15, 0.2) is 15.6 Å². The van der Waals surface area contributed by atoms with Crippen molar-refractivity contribution in [3.63, 3.8) is 0 Å². The number of benzene rings is 4. The van der Waals surface area contributed by atoms with Crippen LogP contribution in [0.25, 0.3) is 0 Å². The number of carbonyl (C=O) groups excluding carboxylic acids is 1. The van der Waals surface area contributed by atoms with E-state index in [9.17, 15) is 18.3 Å². The summed E-state index contributed by atoms with van der Waals surface area (Å²) in [4.78, 5) is 14.2. The van der Waals surface area contributed by atoms with Gasteiger partial charge in [-0.25, -0.2) is 8.42 Å². The Kier molecular flexibility index (Phi) is 5.76. The lowest BCUT2D eigenvalue weighted by Gasteiger charge is -2.25. The quantitative estimate of drug-likeness (QED) is 0.339. The largest absolute Gasteiger partial charge is 0.507 e. The number of phenols is 1. The van der Waals surface area contributed by atoms with Crippen molar-refractivity contribution in [1.82, 2.24) is 0 Å². The molecule has 3 atom stereocenters. The average Bonchev–Trinajstić information content (AvgIpc) is 3.22. The summed E-state index contributed by atoms with van der Waals surface area (Å²) in [5, 5.41) is 9.68. The van der Waals surface area contributed by atoms with Crippen molar-refractivity contribution in [3.8, 4) is 5.75 Å². The summed E-state index contributed by atoms with van der Waals surface area (Å²) in [7, 11) is -3.95. The first-order valence-electron chi connectivity index (χ1n) is 10.8. The fourth-order valence-corrected chi connectivity index (χ4v) is 7.17. The molecule has 0 unspecified atom stereocenters. The number of Topliss-reactive ketones (excluding diaryl/α,β-unsaturated/α-hetero) is 1. The van der Waals surface area contributed by atoms with Crippen molar-refractivity contribution >= 4 is 27.2 Å². The zero-order chi connectivity index (χ0) is 23.9. The van der Waals surface area contributed by atoms with E-state index in [0.717, 1.165) is 11.1 Å². The summed E-state index contributed by atoms with van der Waals surface area (Å²) >= 11 is 6.15. The topological polar surface area (TPSA) is 71.4 Å². The van der Waals surface area contributed by atoms with Gasteiger partial charge >= 0.3 is 0 Å². The van der Waals surface area contributed by atoms with Crippen LogP contribution in [0.1, 0.15) is 38.2 Å². The predicted molar refractivity (Wildman–Crippen MR) is 132 cm³/mol. The van der Waals surface area contributed by atoms with E-state index in [0.29, 0.717) is 5.56 Å². The highest BCUT2D eigenvalue weighted by molar-refractivity contribution is 7.91. The van der Waals surface area contributed by atoms with Crippen molar-refractivity contribution in [1.29, 1.82) is 0 Å². The number of phenolic OH excluding ortho intramolecular Hbond substituents is 1. The third-order valence-corrected chi connectivity index (χ3v) is 8.79. The summed E-state index contributed by atoms with van der Waals surface area (Å²) < 4.78 is 28.1. The monoisotopic (exact) mass is 488 g/mol. The first-order valence-corrected chi connectivity index (χ1v) is 12.8. The van der Waals surface area contributed by atoms with Gasteiger partial charge in [0.2, 0.25) is 0 Å². The van der Waals surface area contributed by atoms with Crippen molar-refractivity contribution < 1.29 is 18.3 Å². The fraction of sp³-hybridized carbons (Fsp3) is 0.107. The molecule has 34 heavy (non-hydrogen) atoms. The molecule has 0 amide bonds. The number of ketones is 1. The molecular formula is C28H21ClO4S. The molecule has 0 aromatic heterocycles. The van der Waals surface area contributed by atoms with E-state index in [4.69, 9.17) is 11.6 Å². The summed E-state index contributed by atoms with van der Waals surface area (Å²) in [6.45, 7) is 0. The van der Waals surface area contributed by atoms with E-state index < -0.39 is 32.7 Å². The van der Waals surface area contributed by atoms with Gasteiger partial charge in [-0.05, 0) is 47.0 Å². The van der Waals surface area contributed by atoms with E-state index in [1.165, 1.54) is 18.2 Å². The minimum absolute atomic E-state index is 0.0134. The summed E-state index contributed by atoms with van der Waals surface area (Å²) in [6.07, 6.45) is 0. The van der Waals surface area contributed by atoms with Crippen LogP contribution in [0.5, 0.6) is 5.75 Å². The Morgan fingerprint density at radius 2 is 1.35 bits per heavy atom. The van der Waals surface area contributed by atoms with E-state index in [-0.39, 0.29) is 21.2 Å². The summed E-state index contributed by atoms with van der Waals surface area (Å²) in [6, 6.07) is 29.1. The first-order chi connectivity index (χ1) is 16.4. The van der Waals surface area contributed by atoms with Crippen LogP contribution in [0, 0.1) is 5.92 Å². The third-order valence-electron chi connectivity index (χ3n) is 6.41. The molecule has 4 aromatic carbocycles. The van der Waals surface area contributed by atoms with Gasteiger partial charge in [-0.15, -0.1) is 0 Å². The molecule has 5 rings (SSSR count). The van der Waals surface area contributed by atoms with Gasteiger partial charge in [-0.1, -0.05) is 84.4 Å². The summed E-state index contributed by atoms with van der Waals surface area (Å²) in [5.41, 5.74) is 2.23. The molecule has 1 N–H and O–H groups in total. The number of sulfone groups is 1. The van der Waals surface area contributed by atoms with Gasteiger partial charge in [0.05, 0.1) is 16.4 Å². The molecule has 1 aliphatic rings. The molecule has 0 saturated carbocycles. The minimum atomic E-state index is -3.95. The Morgan fingerprint density at radius 3 is 2.03 bits per heavy atom. The Bertz CT molecular complexity index is 1470. The number of halogens is 1. The zero-order valence-corrected chi connectivity index (χ0v) is 19.6. The highest BCUT2D eigenvalue weighted by Crippen LogP contribution is 2.54. The van der Waals surface area contributed by atoms with Gasteiger partial charge in [0.1, 0.15) is 11.0 Å². The molecule has 0 radical (unpaired) electrons. The standard InChI is InChI=1S/C28H21ClO4S/c29-19-15-16-24(30)23(17-19)27(31)26-25(18-9-3-1-4-10-18)21-13-7-8-14-22(21)28(26)34(32,33)20-11-5-2-6-12-20/h1-17,25-26,28,30H/t25-,26-,28+/m1/s1. The molecule has 6 heteroatoms. The van der Waals surface area contributed by atoms with Gasteiger partial charge in [-0.3, -0.25) is 4.79 Å². The third kappa shape index (κ3) is 3.71. The number of aromatic hydroxyl groups is 1. The van der Waals surface area contributed by atoms with Crippen LogP contribution in [-0.4, -0.2) is 19.3 Å². The first kappa shape index (κ1) is 22.4. The number of carbonyl (C=O) groups is 1. The maximum absolute atomic E-state index is 14.1. The van der Waals surface area contributed by atoms with Crippen molar-refractivity contribution in [3.05, 3.63) is 130 Å². The SMILES string of the molecule is O=C(c1cc(Cl)ccc1O)[C@H]1[C@H](c2ccccc2)c2ccccc2[C@@H]1S(=O)(=O)c1ccccc1. The number of hydrogen-bond donors (Lipinski definition) is 1. The summed E-state index contributed by atoms with van der Waals surface area (Å²) in [5.74, 6) is -2.19. The van der Waals surface area contributed by atoms with Gasteiger partial charge in [0, 0.05) is 10.9 Å². The highest BCUT2D eigenvalue weighted by Gasteiger charge is 2.52. The number of rotatable bonds is 5. The van der Waals surface area contributed by atoms with Crippen LogP contribution in [0.3, 0.4) is 0 Å². The molecule has 0 saturated heterocycles. The maximum Gasteiger partial charge on any atom is 0.186 e. The van der Waals surface area contributed by atoms with Crippen LogP contribution >= 0.6 is 11.6 Å². The Labute approximate surface area is 203 Å². The number of hydrogen-bond acceptors (Lipinski definition) is 4. The van der Waals surface area contributed by atoms with Crippen molar-refractivity contribution in [2.75, 3.05) is 0 Å². The Morgan fingerprint density at radius 1 is 0.765 bits per heavy atom. The predicted octanol–water partition coefficient (Wildman–Crippen LogP) is 6.21. The molecule has 0 spiro atoms. The molecule has 0 bridgehead atoms. The molecule has 4 aromatic rings. The lowest BCUT2D eigenvalue weighted by atomic mass is 9.81. The molecule has 170 valence electrons.